The molecule has 2 saturated heterocycles. The number of aryl methyl sites for hydroxylation is 1. The van der Waals surface area contributed by atoms with Gasteiger partial charge in [-0.15, -0.1) is 0 Å². The smallest absolute Gasteiger partial charge is 0.257 e. The van der Waals surface area contributed by atoms with Crippen LogP contribution in [0.15, 0.2) is 6.20 Å². The Bertz CT molecular complexity index is 514. The number of amides is 1. The minimum atomic E-state index is 0.119. The summed E-state index contributed by atoms with van der Waals surface area (Å²) in [5.41, 5.74) is 1.71. The third-order valence-electron chi connectivity index (χ3n) is 4.78. The first-order chi connectivity index (χ1) is 10.7. The van der Waals surface area contributed by atoms with E-state index in [0.717, 1.165) is 57.1 Å². The third-order valence-corrected chi connectivity index (χ3v) is 4.78. The van der Waals surface area contributed by atoms with E-state index in [0.29, 0.717) is 6.10 Å². The van der Waals surface area contributed by atoms with Gasteiger partial charge in [0.25, 0.3) is 5.91 Å². The molecule has 0 N–H and O–H groups in total. The van der Waals surface area contributed by atoms with Gasteiger partial charge in [-0.2, -0.15) is 5.10 Å². The van der Waals surface area contributed by atoms with Crippen molar-refractivity contribution in [2.75, 3.05) is 39.3 Å². The van der Waals surface area contributed by atoms with E-state index < -0.39 is 0 Å². The molecular formula is C16H26N4O2. The minimum Gasteiger partial charge on any atom is -0.377 e. The summed E-state index contributed by atoms with van der Waals surface area (Å²) >= 11 is 0. The summed E-state index contributed by atoms with van der Waals surface area (Å²) in [5.74, 6) is 0.119. The lowest BCUT2D eigenvalue weighted by Crippen LogP contribution is -2.50. The minimum absolute atomic E-state index is 0.119. The molecule has 2 fully saturated rings. The summed E-state index contributed by atoms with van der Waals surface area (Å²) in [6.07, 6.45) is 4.46. The van der Waals surface area contributed by atoms with Crippen LogP contribution in [0.25, 0.3) is 0 Å². The Morgan fingerprint density at radius 1 is 1.36 bits per heavy atom. The summed E-state index contributed by atoms with van der Waals surface area (Å²) < 4.78 is 7.57. The fourth-order valence-electron chi connectivity index (χ4n) is 3.36. The van der Waals surface area contributed by atoms with Crippen LogP contribution in [0.2, 0.25) is 0 Å². The molecule has 1 aromatic heterocycles. The van der Waals surface area contributed by atoms with Crippen molar-refractivity contribution in [1.29, 1.82) is 0 Å². The molecule has 3 heterocycles. The van der Waals surface area contributed by atoms with Crippen molar-refractivity contribution >= 4 is 5.91 Å². The van der Waals surface area contributed by atoms with E-state index in [1.807, 2.05) is 23.4 Å². The maximum absolute atomic E-state index is 12.6. The molecule has 22 heavy (non-hydrogen) atoms. The van der Waals surface area contributed by atoms with E-state index in [2.05, 4.69) is 10.00 Å². The molecule has 0 aromatic carbocycles. The molecule has 122 valence electrons. The maximum Gasteiger partial charge on any atom is 0.257 e. The summed E-state index contributed by atoms with van der Waals surface area (Å²) in [6.45, 7) is 10.2. The van der Waals surface area contributed by atoms with E-state index in [1.165, 1.54) is 12.8 Å². The SMILES string of the molecule is CCn1ncc(C(=O)N2CCN(C[C@H]3CCCO3)CC2)c1C. The quantitative estimate of drug-likeness (QED) is 0.837. The van der Waals surface area contributed by atoms with Gasteiger partial charge in [0.2, 0.25) is 0 Å². The van der Waals surface area contributed by atoms with Crippen molar-refractivity contribution in [2.45, 2.75) is 39.3 Å². The van der Waals surface area contributed by atoms with Crippen molar-refractivity contribution in [1.82, 2.24) is 19.6 Å². The molecule has 0 spiro atoms. The first-order valence-corrected chi connectivity index (χ1v) is 8.34. The average molecular weight is 306 g/mol. The van der Waals surface area contributed by atoms with Crippen LogP contribution >= 0.6 is 0 Å². The lowest BCUT2D eigenvalue weighted by Gasteiger charge is -2.35. The molecule has 2 aliphatic rings. The van der Waals surface area contributed by atoms with E-state index in [9.17, 15) is 4.79 Å². The van der Waals surface area contributed by atoms with Crippen LogP contribution in [0.3, 0.4) is 0 Å². The molecule has 0 saturated carbocycles. The van der Waals surface area contributed by atoms with Crippen LogP contribution < -0.4 is 0 Å². The van der Waals surface area contributed by atoms with Crippen LogP contribution in [0.4, 0.5) is 0 Å². The second-order valence-corrected chi connectivity index (χ2v) is 6.19. The maximum atomic E-state index is 12.6. The molecule has 2 aliphatic heterocycles. The van der Waals surface area contributed by atoms with Gasteiger partial charge in [0, 0.05) is 51.6 Å². The molecule has 6 nitrogen and oxygen atoms in total. The normalized spacial score (nSPS) is 23.2. The highest BCUT2D eigenvalue weighted by atomic mass is 16.5. The van der Waals surface area contributed by atoms with Crippen molar-refractivity contribution < 1.29 is 9.53 Å². The van der Waals surface area contributed by atoms with Crippen molar-refractivity contribution in [3.63, 3.8) is 0 Å². The van der Waals surface area contributed by atoms with Gasteiger partial charge < -0.3 is 9.64 Å². The Balaban J connectivity index is 1.54. The van der Waals surface area contributed by atoms with Gasteiger partial charge in [-0.25, -0.2) is 0 Å². The zero-order valence-corrected chi connectivity index (χ0v) is 13.6. The van der Waals surface area contributed by atoms with Gasteiger partial charge in [0.05, 0.1) is 17.9 Å². The topological polar surface area (TPSA) is 50.6 Å². The van der Waals surface area contributed by atoms with Crippen LogP contribution in [-0.4, -0.2) is 70.9 Å². The van der Waals surface area contributed by atoms with E-state index >= 15 is 0 Å². The number of carbonyl (C=O) groups excluding carboxylic acids is 1. The van der Waals surface area contributed by atoms with Crippen LogP contribution in [0.5, 0.6) is 0 Å². The van der Waals surface area contributed by atoms with Gasteiger partial charge >= 0.3 is 0 Å². The molecule has 0 radical (unpaired) electrons. The molecule has 0 aliphatic carbocycles. The molecule has 0 unspecified atom stereocenters. The number of ether oxygens (including phenoxy) is 1. The number of nitrogens with zero attached hydrogens (tertiary/aromatic N) is 4. The second kappa shape index (κ2) is 6.79. The number of piperazine rings is 1. The fraction of sp³-hybridized carbons (Fsp3) is 0.750. The number of aromatic nitrogens is 2. The Morgan fingerprint density at radius 3 is 2.73 bits per heavy atom. The lowest BCUT2D eigenvalue weighted by molar-refractivity contribution is 0.0432. The zero-order chi connectivity index (χ0) is 15.5. The highest BCUT2D eigenvalue weighted by molar-refractivity contribution is 5.95. The molecule has 3 rings (SSSR count). The van der Waals surface area contributed by atoms with Crippen LogP contribution in [0, 0.1) is 6.92 Å². The lowest BCUT2D eigenvalue weighted by atomic mass is 10.2. The Hall–Kier alpha value is -1.40. The standard InChI is InChI=1S/C16H26N4O2/c1-3-20-13(2)15(11-17-20)16(21)19-8-6-18(7-9-19)12-14-5-4-10-22-14/h11,14H,3-10,12H2,1-2H3/t14-/m1/s1. The predicted molar refractivity (Wildman–Crippen MR) is 84.0 cm³/mol. The summed E-state index contributed by atoms with van der Waals surface area (Å²) in [6, 6.07) is 0. The van der Waals surface area contributed by atoms with Crippen molar-refractivity contribution in [2.24, 2.45) is 0 Å². The molecule has 1 atom stereocenters. The molecule has 0 bridgehead atoms. The highest BCUT2D eigenvalue weighted by Crippen LogP contribution is 2.16. The molecular weight excluding hydrogens is 280 g/mol. The monoisotopic (exact) mass is 306 g/mol. The Labute approximate surface area is 132 Å². The van der Waals surface area contributed by atoms with E-state index in [4.69, 9.17) is 4.74 Å². The Morgan fingerprint density at radius 2 is 2.14 bits per heavy atom. The van der Waals surface area contributed by atoms with Crippen molar-refractivity contribution in [3.05, 3.63) is 17.5 Å². The summed E-state index contributed by atoms with van der Waals surface area (Å²) in [7, 11) is 0. The van der Waals surface area contributed by atoms with Crippen molar-refractivity contribution in [3.8, 4) is 0 Å². The number of hydrogen-bond acceptors (Lipinski definition) is 4. The zero-order valence-electron chi connectivity index (χ0n) is 13.6. The van der Waals surface area contributed by atoms with Gasteiger partial charge in [-0.05, 0) is 26.7 Å². The first kappa shape index (κ1) is 15.5. The van der Waals surface area contributed by atoms with Crippen LogP contribution in [0.1, 0.15) is 35.8 Å². The largest absolute Gasteiger partial charge is 0.377 e. The van der Waals surface area contributed by atoms with Crippen LogP contribution in [-0.2, 0) is 11.3 Å². The summed E-state index contributed by atoms with van der Waals surface area (Å²) in [5, 5.41) is 4.28. The van der Waals surface area contributed by atoms with E-state index in [-0.39, 0.29) is 5.91 Å². The van der Waals surface area contributed by atoms with E-state index in [1.54, 1.807) is 6.20 Å². The predicted octanol–water partition coefficient (Wildman–Crippen LogP) is 1.15. The fourth-order valence-corrected chi connectivity index (χ4v) is 3.36. The number of rotatable bonds is 4. The van der Waals surface area contributed by atoms with Gasteiger partial charge in [0.15, 0.2) is 0 Å². The van der Waals surface area contributed by atoms with Gasteiger partial charge in [0.1, 0.15) is 0 Å². The molecule has 6 heteroatoms. The first-order valence-electron chi connectivity index (χ1n) is 8.34. The van der Waals surface area contributed by atoms with Gasteiger partial charge in [-0.3, -0.25) is 14.4 Å². The summed E-state index contributed by atoms with van der Waals surface area (Å²) in [4.78, 5) is 17.0. The number of carbonyl (C=O) groups is 1. The molecule has 1 aromatic rings. The average Bonchev–Trinajstić information content (AvgIpc) is 3.17. The Kier molecular flexibility index (Phi) is 4.78. The van der Waals surface area contributed by atoms with Gasteiger partial charge in [-0.1, -0.05) is 0 Å². The third kappa shape index (κ3) is 3.17. The highest BCUT2D eigenvalue weighted by Gasteiger charge is 2.26. The molecule has 1 amide bonds. The number of hydrogen-bond donors (Lipinski definition) is 0. The second-order valence-electron chi connectivity index (χ2n) is 6.19.